The molecule has 0 amide bonds. The molecule has 7 heteroatoms. The van der Waals surface area contributed by atoms with Crippen molar-refractivity contribution in [2.75, 3.05) is 25.0 Å². The number of likely N-dealkylation sites (tertiary alicyclic amines) is 1. The number of hydrogen-bond acceptors (Lipinski definition) is 4. The predicted molar refractivity (Wildman–Crippen MR) is 102 cm³/mol. The summed E-state index contributed by atoms with van der Waals surface area (Å²) in [6, 6.07) is 9.67. The lowest BCUT2D eigenvalue weighted by atomic mass is 10.2. The highest BCUT2D eigenvalue weighted by atomic mass is 127. The van der Waals surface area contributed by atoms with E-state index in [1.807, 2.05) is 30.3 Å². The number of hydrogen-bond donors (Lipinski definition) is 2. The van der Waals surface area contributed by atoms with E-state index in [0.29, 0.717) is 18.3 Å². The van der Waals surface area contributed by atoms with Gasteiger partial charge in [-0.3, -0.25) is 9.89 Å². The normalized spacial score (nSPS) is 16.8. The minimum atomic E-state index is 0. The molecule has 124 valence electrons. The summed E-state index contributed by atoms with van der Waals surface area (Å²) < 4.78 is 5.57. The average molecular weight is 427 g/mol. The van der Waals surface area contributed by atoms with Crippen molar-refractivity contribution >= 4 is 35.8 Å². The van der Waals surface area contributed by atoms with Crippen LogP contribution in [0.15, 0.2) is 52.2 Å². The largest absolute Gasteiger partial charge is 0.468 e. The zero-order valence-electron chi connectivity index (χ0n) is 12.9. The lowest BCUT2D eigenvalue weighted by Gasteiger charge is -2.24. The second-order valence-corrected chi connectivity index (χ2v) is 5.34. The van der Waals surface area contributed by atoms with Gasteiger partial charge in [-0.25, -0.2) is 4.98 Å². The van der Waals surface area contributed by atoms with Crippen LogP contribution in [0.1, 0.15) is 24.6 Å². The highest BCUT2D eigenvalue weighted by Gasteiger charge is 2.25. The van der Waals surface area contributed by atoms with Gasteiger partial charge in [-0.15, -0.1) is 24.0 Å². The van der Waals surface area contributed by atoms with Crippen molar-refractivity contribution in [2.45, 2.75) is 18.9 Å². The van der Waals surface area contributed by atoms with Crippen LogP contribution in [-0.2, 0) is 0 Å². The zero-order valence-corrected chi connectivity index (χ0v) is 15.2. The maximum Gasteiger partial charge on any atom is 0.194 e. The summed E-state index contributed by atoms with van der Waals surface area (Å²) >= 11 is 0. The molecule has 1 unspecified atom stereocenters. The maximum atomic E-state index is 5.96. The summed E-state index contributed by atoms with van der Waals surface area (Å²) in [5.74, 6) is 2.00. The summed E-state index contributed by atoms with van der Waals surface area (Å²) in [5.41, 5.74) is 5.96. The van der Waals surface area contributed by atoms with E-state index in [4.69, 9.17) is 10.2 Å². The Kier molecular flexibility index (Phi) is 6.85. The minimum Gasteiger partial charge on any atom is -0.468 e. The van der Waals surface area contributed by atoms with Crippen molar-refractivity contribution in [3.8, 4) is 0 Å². The first-order chi connectivity index (χ1) is 10.8. The molecule has 0 bridgehead atoms. The quantitative estimate of drug-likeness (QED) is 0.436. The first-order valence-electron chi connectivity index (χ1n) is 7.58. The van der Waals surface area contributed by atoms with Crippen molar-refractivity contribution in [1.29, 1.82) is 0 Å². The predicted octanol–water partition coefficient (Wildman–Crippen LogP) is 2.86. The number of anilines is 1. The van der Waals surface area contributed by atoms with Crippen LogP contribution < -0.4 is 11.1 Å². The van der Waals surface area contributed by atoms with Crippen LogP contribution in [-0.4, -0.2) is 35.5 Å². The molecule has 1 aliphatic heterocycles. The SMILES string of the molecule is I.NC(=NCC(c1ccco1)N1CCCC1)Nc1ccccn1. The molecule has 3 heterocycles. The van der Waals surface area contributed by atoms with Crippen molar-refractivity contribution in [3.05, 3.63) is 48.6 Å². The Morgan fingerprint density at radius 2 is 2.13 bits per heavy atom. The molecule has 0 aliphatic carbocycles. The summed E-state index contributed by atoms with van der Waals surface area (Å²) in [7, 11) is 0. The Labute approximate surface area is 153 Å². The van der Waals surface area contributed by atoms with Gasteiger partial charge in [-0.05, 0) is 50.2 Å². The van der Waals surface area contributed by atoms with Gasteiger partial charge in [0.05, 0.1) is 18.8 Å². The third-order valence-corrected chi connectivity index (χ3v) is 3.81. The molecule has 0 spiro atoms. The topological polar surface area (TPSA) is 79.7 Å². The minimum absolute atomic E-state index is 0. The summed E-state index contributed by atoms with van der Waals surface area (Å²) in [5, 5.41) is 3.00. The summed E-state index contributed by atoms with van der Waals surface area (Å²) in [6.45, 7) is 2.72. The molecule has 1 aliphatic rings. The van der Waals surface area contributed by atoms with Crippen LogP contribution in [0.2, 0.25) is 0 Å². The van der Waals surface area contributed by atoms with E-state index >= 15 is 0 Å². The number of halogens is 1. The van der Waals surface area contributed by atoms with Gasteiger partial charge in [0.15, 0.2) is 5.96 Å². The van der Waals surface area contributed by atoms with E-state index < -0.39 is 0 Å². The molecule has 0 radical (unpaired) electrons. The van der Waals surface area contributed by atoms with E-state index in [1.165, 1.54) is 12.8 Å². The molecule has 2 aromatic rings. The van der Waals surface area contributed by atoms with E-state index in [-0.39, 0.29) is 30.0 Å². The third kappa shape index (κ3) is 4.93. The van der Waals surface area contributed by atoms with Gasteiger partial charge in [0.2, 0.25) is 0 Å². The Morgan fingerprint density at radius 3 is 2.78 bits per heavy atom. The molecule has 3 rings (SSSR count). The van der Waals surface area contributed by atoms with Crippen LogP contribution in [0, 0.1) is 0 Å². The number of rotatable bonds is 5. The number of nitrogens with two attached hydrogens (primary N) is 1. The molecule has 1 fully saturated rings. The van der Waals surface area contributed by atoms with E-state index in [0.717, 1.165) is 18.8 Å². The van der Waals surface area contributed by atoms with Gasteiger partial charge < -0.3 is 15.5 Å². The Balaban J connectivity index is 0.00000192. The number of aromatic nitrogens is 1. The molecule has 0 aromatic carbocycles. The number of nitrogens with one attached hydrogen (secondary N) is 1. The monoisotopic (exact) mass is 427 g/mol. The fourth-order valence-electron chi connectivity index (χ4n) is 2.71. The van der Waals surface area contributed by atoms with E-state index in [9.17, 15) is 0 Å². The molecule has 23 heavy (non-hydrogen) atoms. The fraction of sp³-hybridized carbons (Fsp3) is 0.375. The Hall–Kier alpha value is -1.61. The Bertz CT molecular complexity index is 596. The first-order valence-corrected chi connectivity index (χ1v) is 7.58. The Morgan fingerprint density at radius 1 is 1.30 bits per heavy atom. The van der Waals surface area contributed by atoms with Crippen LogP contribution in [0.3, 0.4) is 0 Å². The van der Waals surface area contributed by atoms with Gasteiger partial charge in [0.1, 0.15) is 11.6 Å². The van der Waals surface area contributed by atoms with Crippen LogP contribution in [0.4, 0.5) is 5.82 Å². The standard InChI is InChI=1S/C16H21N5O.HI/c17-16(20-15-7-1-2-8-18-15)19-12-13(14-6-5-11-22-14)21-9-3-4-10-21;/h1-2,5-8,11,13H,3-4,9-10,12H2,(H3,17,18,19,20);1H. The molecule has 0 saturated carbocycles. The summed E-state index contributed by atoms with van der Waals surface area (Å²) in [6.07, 6.45) is 5.87. The smallest absolute Gasteiger partial charge is 0.194 e. The third-order valence-electron chi connectivity index (χ3n) is 3.81. The fourth-order valence-corrected chi connectivity index (χ4v) is 2.71. The second kappa shape index (κ2) is 8.88. The highest BCUT2D eigenvalue weighted by Crippen LogP contribution is 2.25. The summed E-state index contributed by atoms with van der Waals surface area (Å²) in [4.78, 5) is 11.0. The van der Waals surface area contributed by atoms with Gasteiger partial charge in [0.25, 0.3) is 0 Å². The molecule has 3 N–H and O–H groups in total. The lowest BCUT2D eigenvalue weighted by Crippen LogP contribution is -2.30. The molecular formula is C16H22IN5O. The average Bonchev–Trinajstić information content (AvgIpc) is 3.22. The van der Waals surface area contributed by atoms with Crippen LogP contribution in [0.25, 0.3) is 0 Å². The van der Waals surface area contributed by atoms with Gasteiger partial charge >= 0.3 is 0 Å². The van der Waals surface area contributed by atoms with Crippen molar-refractivity contribution in [2.24, 2.45) is 10.7 Å². The molecule has 2 aromatic heterocycles. The molecule has 6 nitrogen and oxygen atoms in total. The van der Waals surface area contributed by atoms with Gasteiger partial charge in [-0.2, -0.15) is 0 Å². The highest BCUT2D eigenvalue weighted by molar-refractivity contribution is 14.0. The number of pyridine rings is 1. The first kappa shape index (κ1) is 17.7. The van der Waals surface area contributed by atoms with Crippen LogP contribution in [0.5, 0.6) is 0 Å². The molecule has 1 atom stereocenters. The lowest BCUT2D eigenvalue weighted by molar-refractivity contribution is 0.221. The van der Waals surface area contributed by atoms with Crippen molar-refractivity contribution in [1.82, 2.24) is 9.88 Å². The second-order valence-electron chi connectivity index (χ2n) is 5.34. The van der Waals surface area contributed by atoms with Crippen LogP contribution >= 0.6 is 24.0 Å². The van der Waals surface area contributed by atoms with Gasteiger partial charge in [-0.1, -0.05) is 6.07 Å². The van der Waals surface area contributed by atoms with Crippen molar-refractivity contribution in [3.63, 3.8) is 0 Å². The maximum absolute atomic E-state index is 5.96. The number of furan rings is 1. The van der Waals surface area contributed by atoms with E-state index in [1.54, 1.807) is 12.5 Å². The number of aliphatic imine (C=N–C) groups is 1. The number of guanidine groups is 1. The molecular weight excluding hydrogens is 405 g/mol. The number of nitrogens with zero attached hydrogens (tertiary/aromatic N) is 3. The van der Waals surface area contributed by atoms with Crippen molar-refractivity contribution < 1.29 is 4.42 Å². The molecule has 1 saturated heterocycles. The van der Waals surface area contributed by atoms with Gasteiger partial charge in [0, 0.05) is 6.20 Å². The zero-order chi connectivity index (χ0) is 15.2. The van der Waals surface area contributed by atoms with E-state index in [2.05, 4.69) is 20.2 Å².